The van der Waals surface area contributed by atoms with Gasteiger partial charge in [-0.25, -0.2) is 0 Å². The molecule has 0 fully saturated rings. The Morgan fingerprint density at radius 3 is 2.00 bits per heavy atom. The molecule has 0 aromatic heterocycles. The third-order valence-electron chi connectivity index (χ3n) is 3.33. The van der Waals surface area contributed by atoms with Crippen molar-refractivity contribution in [1.82, 2.24) is 0 Å². The van der Waals surface area contributed by atoms with Gasteiger partial charge in [0.25, 0.3) is 0 Å². The third kappa shape index (κ3) is 2.59. The molecule has 0 saturated heterocycles. The highest BCUT2D eigenvalue weighted by Crippen LogP contribution is 2.34. The zero-order chi connectivity index (χ0) is 13.3. The monoisotopic (exact) mass is 258 g/mol. The molecule has 94 valence electrons. The molecule has 0 N–H and O–H groups in total. The van der Waals surface area contributed by atoms with Gasteiger partial charge >= 0.3 is 0 Å². The standard InChI is InChI=1S/C17H19Cl/c1-11-6-5-7-15(10-11)17(18)16-13(3)8-12(2)9-14(16)4/h5-10,17H,1-4H3. The van der Waals surface area contributed by atoms with Gasteiger partial charge in [0.1, 0.15) is 0 Å². The van der Waals surface area contributed by atoms with Gasteiger partial charge in [0.05, 0.1) is 5.38 Å². The Morgan fingerprint density at radius 2 is 1.44 bits per heavy atom. The first-order chi connectivity index (χ1) is 8.49. The zero-order valence-electron chi connectivity index (χ0n) is 11.4. The van der Waals surface area contributed by atoms with Crippen LogP contribution in [0.4, 0.5) is 0 Å². The third-order valence-corrected chi connectivity index (χ3v) is 3.80. The van der Waals surface area contributed by atoms with Crippen LogP contribution >= 0.6 is 11.6 Å². The Balaban J connectivity index is 2.49. The van der Waals surface area contributed by atoms with E-state index in [1.165, 1.54) is 33.4 Å². The lowest BCUT2D eigenvalue weighted by molar-refractivity contribution is 1.07. The Labute approximate surface area is 115 Å². The van der Waals surface area contributed by atoms with Gasteiger partial charge in [-0.2, -0.15) is 0 Å². The zero-order valence-corrected chi connectivity index (χ0v) is 12.2. The Morgan fingerprint density at radius 1 is 0.833 bits per heavy atom. The first-order valence-corrected chi connectivity index (χ1v) is 6.71. The minimum atomic E-state index is -0.0644. The molecule has 0 bridgehead atoms. The molecule has 0 aliphatic carbocycles. The summed E-state index contributed by atoms with van der Waals surface area (Å²) in [4.78, 5) is 0. The maximum atomic E-state index is 6.67. The van der Waals surface area contributed by atoms with Crippen LogP contribution in [0.1, 0.15) is 38.8 Å². The van der Waals surface area contributed by atoms with Crippen LogP contribution < -0.4 is 0 Å². The predicted octanol–water partition coefficient (Wildman–Crippen LogP) is 5.25. The molecule has 1 atom stereocenters. The van der Waals surface area contributed by atoms with Crippen LogP contribution in [0.2, 0.25) is 0 Å². The highest BCUT2D eigenvalue weighted by atomic mass is 35.5. The van der Waals surface area contributed by atoms with Crippen molar-refractivity contribution in [1.29, 1.82) is 0 Å². The van der Waals surface area contributed by atoms with E-state index in [-0.39, 0.29) is 5.38 Å². The van der Waals surface area contributed by atoms with Gasteiger partial charge in [0.15, 0.2) is 0 Å². The summed E-state index contributed by atoms with van der Waals surface area (Å²) in [6.45, 7) is 8.50. The summed E-state index contributed by atoms with van der Waals surface area (Å²) in [6.07, 6.45) is 0. The average molecular weight is 259 g/mol. The highest BCUT2D eigenvalue weighted by molar-refractivity contribution is 6.22. The van der Waals surface area contributed by atoms with E-state index in [4.69, 9.17) is 11.6 Å². The van der Waals surface area contributed by atoms with Crippen molar-refractivity contribution in [2.24, 2.45) is 0 Å². The lowest BCUT2D eigenvalue weighted by Crippen LogP contribution is -2.00. The summed E-state index contributed by atoms with van der Waals surface area (Å²) >= 11 is 6.67. The molecular weight excluding hydrogens is 240 g/mol. The summed E-state index contributed by atoms with van der Waals surface area (Å²) in [5, 5.41) is -0.0644. The predicted molar refractivity (Wildman–Crippen MR) is 79.5 cm³/mol. The van der Waals surface area contributed by atoms with Crippen LogP contribution in [-0.2, 0) is 0 Å². The van der Waals surface area contributed by atoms with Crippen molar-refractivity contribution in [2.75, 3.05) is 0 Å². The molecule has 18 heavy (non-hydrogen) atoms. The Bertz CT molecular complexity index is 547. The van der Waals surface area contributed by atoms with Crippen LogP contribution in [-0.4, -0.2) is 0 Å². The van der Waals surface area contributed by atoms with E-state index in [2.05, 4.69) is 64.1 Å². The number of rotatable bonds is 2. The Hall–Kier alpha value is -1.27. The van der Waals surface area contributed by atoms with Crippen LogP contribution in [0, 0.1) is 27.7 Å². The van der Waals surface area contributed by atoms with Gasteiger partial charge < -0.3 is 0 Å². The fourth-order valence-corrected chi connectivity index (χ4v) is 3.07. The number of hydrogen-bond acceptors (Lipinski definition) is 0. The Kier molecular flexibility index (Phi) is 3.77. The molecule has 0 nitrogen and oxygen atoms in total. The summed E-state index contributed by atoms with van der Waals surface area (Å²) in [5.74, 6) is 0. The minimum absolute atomic E-state index is 0.0644. The van der Waals surface area contributed by atoms with Gasteiger partial charge in [-0.15, -0.1) is 11.6 Å². The lowest BCUT2D eigenvalue weighted by Gasteiger charge is -2.17. The average Bonchev–Trinajstić information content (AvgIpc) is 2.27. The topological polar surface area (TPSA) is 0 Å². The van der Waals surface area contributed by atoms with E-state index >= 15 is 0 Å². The van der Waals surface area contributed by atoms with Gasteiger partial charge in [0, 0.05) is 0 Å². The molecule has 0 spiro atoms. The molecule has 0 aliphatic heterocycles. The lowest BCUT2D eigenvalue weighted by atomic mass is 9.93. The maximum Gasteiger partial charge on any atom is 0.0840 e. The van der Waals surface area contributed by atoms with Gasteiger partial charge in [-0.1, -0.05) is 47.5 Å². The van der Waals surface area contributed by atoms with E-state index in [0.717, 1.165) is 0 Å². The van der Waals surface area contributed by atoms with Gasteiger partial charge in [-0.3, -0.25) is 0 Å². The second-order valence-electron chi connectivity index (χ2n) is 5.09. The number of benzene rings is 2. The quantitative estimate of drug-likeness (QED) is 0.646. The van der Waals surface area contributed by atoms with E-state index in [9.17, 15) is 0 Å². The first-order valence-electron chi connectivity index (χ1n) is 6.27. The van der Waals surface area contributed by atoms with Crippen LogP contribution in [0.3, 0.4) is 0 Å². The molecule has 2 aromatic rings. The van der Waals surface area contributed by atoms with E-state index < -0.39 is 0 Å². The minimum Gasteiger partial charge on any atom is -0.113 e. The smallest absolute Gasteiger partial charge is 0.0840 e. The molecule has 0 heterocycles. The van der Waals surface area contributed by atoms with E-state index in [1.807, 2.05) is 0 Å². The van der Waals surface area contributed by atoms with Crippen LogP contribution in [0.5, 0.6) is 0 Å². The van der Waals surface area contributed by atoms with Crippen molar-refractivity contribution in [2.45, 2.75) is 33.1 Å². The summed E-state index contributed by atoms with van der Waals surface area (Å²) in [7, 11) is 0. The summed E-state index contributed by atoms with van der Waals surface area (Å²) in [5.41, 5.74) is 7.50. The molecule has 1 unspecified atom stereocenters. The van der Waals surface area contributed by atoms with Crippen molar-refractivity contribution in [3.8, 4) is 0 Å². The van der Waals surface area contributed by atoms with E-state index in [0.29, 0.717) is 0 Å². The molecule has 2 rings (SSSR count). The van der Waals surface area contributed by atoms with Gasteiger partial charge in [0.2, 0.25) is 0 Å². The molecule has 0 aliphatic rings. The van der Waals surface area contributed by atoms with E-state index in [1.54, 1.807) is 0 Å². The van der Waals surface area contributed by atoms with Crippen LogP contribution in [0.25, 0.3) is 0 Å². The fraction of sp³-hybridized carbons (Fsp3) is 0.294. The van der Waals surface area contributed by atoms with Crippen molar-refractivity contribution in [3.05, 3.63) is 69.8 Å². The largest absolute Gasteiger partial charge is 0.113 e. The summed E-state index contributed by atoms with van der Waals surface area (Å²) in [6, 6.07) is 12.8. The molecule has 1 heteroatoms. The second-order valence-corrected chi connectivity index (χ2v) is 5.53. The number of hydrogen-bond donors (Lipinski definition) is 0. The molecule has 2 aromatic carbocycles. The van der Waals surface area contributed by atoms with Crippen molar-refractivity contribution < 1.29 is 0 Å². The first kappa shape index (κ1) is 13.2. The van der Waals surface area contributed by atoms with Crippen LogP contribution in [0.15, 0.2) is 36.4 Å². The summed E-state index contributed by atoms with van der Waals surface area (Å²) < 4.78 is 0. The highest BCUT2D eigenvalue weighted by Gasteiger charge is 2.16. The second kappa shape index (κ2) is 5.16. The number of alkyl halides is 1. The normalized spacial score (nSPS) is 12.5. The molecule has 0 saturated carbocycles. The maximum absolute atomic E-state index is 6.67. The SMILES string of the molecule is Cc1cccc(C(Cl)c2c(C)cc(C)cc2C)c1. The number of halogens is 1. The van der Waals surface area contributed by atoms with Crippen molar-refractivity contribution >= 4 is 11.6 Å². The fourth-order valence-electron chi connectivity index (χ4n) is 2.59. The molecule has 0 radical (unpaired) electrons. The van der Waals surface area contributed by atoms with Crippen molar-refractivity contribution in [3.63, 3.8) is 0 Å². The molecular formula is C17H19Cl. The molecule has 0 amide bonds. The van der Waals surface area contributed by atoms with Gasteiger partial charge in [-0.05, 0) is 49.9 Å². The number of aryl methyl sites for hydroxylation is 4.